The van der Waals surface area contributed by atoms with Crippen molar-refractivity contribution in [3.63, 3.8) is 0 Å². The highest BCUT2D eigenvalue weighted by Gasteiger charge is 2.31. The number of ether oxygens (including phenoxy) is 2. The van der Waals surface area contributed by atoms with Crippen LogP contribution in [0, 0.1) is 0 Å². The van der Waals surface area contributed by atoms with Crippen LogP contribution in [-0.2, 0) is 11.3 Å². The number of rotatable bonds is 5. The molecule has 122 valence electrons. The zero-order chi connectivity index (χ0) is 16.2. The van der Waals surface area contributed by atoms with Crippen LogP contribution in [0.4, 0.5) is 0 Å². The van der Waals surface area contributed by atoms with Crippen molar-refractivity contribution < 1.29 is 14.3 Å². The van der Waals surface area contributed by atoms with Gasteiger partial charge < -0.3 is 14.4 Å². The molecular weight excluding hydrogens is 316 g/mol. The predicted molar refractivity (Wildman–Crippen MR) is 86.5 cm³/mol. The van der Waals surface area contributed by atoms with E-state index in [9.17, 15) is 4.79 Å². The van der Waals surface area contributed by atoms with Gasteiger partial charge in [-0.2, -0.15) is 5.10 Å². The van der Waals surface area contributed by atoms with Crippen molar-refractivity contribution in [1.29, 1.82) is 0 Å². The summed E-state index contributed by atoms with van der Waals surface area (Å²) in [6, 6.07) is 5.77. The summed E-state index contributed by atoms with van der Waals surface area (Å²) in [7, 11) is 3.22. The molecular formula is C15H18N4O3S. The van der Waals surface area contributed by atoms with Crippen LogP contribution in [0.5, 0.6) is 11.5 Å². The summed E-state index contributed by atoms with van der Waals surface area (Å²) >= 11 is 1.74. The summed E-state index contributed by atoms with van der Waals surface area (Å²) in [4.78, 5) is 18.3. The van der Waals surface area contributed by atoms with Gasteiger partial charge in [-0.25, -0.2) is 9.67 Å². The molecule has 0 N–H and O–H groups in total. The van der Waals surface area contributed by atoms with Crippen LogP contribution in [-0.4, -0.2) is 52.1 Å². The molecule has 1 aromatic carbocycles. The average Bonchev–Trinajstić information content (AvgIpc) is 3.25. The zero-order valence-corrected chi connectivity index (χ0v) is 13.8. The van der Waals surface area contributed by atoms with Gasteiger partial charge >= 0.3 is 0 Å². The predicted octanol–water partition coefficient (Wildman–Crippen LogP) is 1.57. The van der Waals surface area contributed by atoms with E-state index in [1.807, 2.05) is 23.1 Å². The largest absolute Gasteiger partial charge is 0.493 e. The molecule has 7 nitrogen and oxygen atoms in total. The van der Waals surface area contributed by atoms with Gasteiger partial charge in [0, 0.05) is 12.3 Å². The maximum Gasteiger partial charge on any atom is 0.245 e. The van der Waals surface area contributed by atoms with E-state index in [1.54, 1.807) is 32.3 Å². The smallest absolute Gasteiger partial charge is 0.245 e. The maximum absolute atomic E-state index is 12.5. The molecule has 0 bridgehead atoms. The van der Waals surface area contributed by atoms with Crippen LogP contribution in [0.2, 0.25) is 0 Å². The van der Waals surface area contributed by atoms with Crippen molar-refractivity contribution in [2.45, 2.75) is 11.9 Å². The second-order valence-electron chi connectivity index (χ2n) is 5.02. The van der Waals surface area contributed by atoms with E-state index in [0.29, 0.717) is 11.5 Å². The van der Waals surface area contributed by atoms with Gasteiger partial charge in [0.05, 0.1) is 14.2 Å². The van der Waals surface area contributed by atoms with Gasteiger partial charge in [-0.05, 0) is 17.7 Å². The summed E-state index contributed by atoms with van der Waals surface area (Å²) in [6.07, 6.45) is 2.98. The van der Waals surface area contributed by atoms with Gasteiger partial charge in [-0.15, -0.1) is 11.8 Å². The summed E-state index contributed by atoms with van der Waals surface area (Å²) in [5, 5.41) is 3.97. The first kappa shape index (κ1) is 15.7. The fourth-order valence-corrected chi connectivity index (χ4v) is 3.82. The Morgan fingerprint density at radius 2 is 2.17 bits per heavy atom. The molecule has 1 saturated heterocycles. The lowest BCUT2D eigenvalue weighted by Crippen LogP contribution is -2.33. The van der Waals surface area contributed by atoms with Crippen molar-refractivity contribution in [3.8, 4) is 11.5 Å². The molecule has 23 heavy (non-hydrogen) atoms. The number of carbonyl (C=O) groups excluding carboxylic acids is 1. The van der Waals surface area contributed by atoms with Gasteiger partial charge in [-0.3, -0.25) is 4.79 Å². The van der Waals surface area contributed by atoms with Gasteiger partial charge in [-0.1, -0.05) is 6.07 Å². The standard InChI is InChI=1S/C15H18N4O3S/c1-21-12-4-3-11(7-13(12)22-2)15-19(5-6-23-15)14(20)8-18-10-16-9-17-18/h3-4,7,9-10,15H,5-6,8H2,1-2H3. The van der Waals surface area contributed by atoms with Crippen LogP contribution in [0.1, 0.15) is 10.9 Å². The Morgan fingerprint density at radius 3 is 2.87 bits per heavy atom. The maximum atomic E-state index is 12.5. The fourth-order valence-electron chi connectivity index (χ4n) is 2.55. The Balaban J connectivity index is 1.79. The molecule has 8 heteroatoms. The van der Waals surface area contributed by atoms with Crippen LogP contribution >= 0.6 is 11.8 Å². The Bertz CT molecular complexity index is 677. The van der Waals surface area contributed by atoms with Crippen molar-refractivity contribution in [2.24, 2.45) is 0 Å². The van der Waals surface area contributed by atoms with Gasteiger partial charge in [0.1, 0.15) is 24.6 Å². The Labute approximate surface area is 138 Å². The minimum atomic E-state index is -0.0224. The second-order valence-corrected chi connectivity index (χ2v) is 6.21. The van der Waals surface area contributed by atoms with E-state index in [-0.39, 0.29) is 17.8 Å². The number of nitrogens with zero attached hydrogens (tertiary/aromatic N) is 4. The van der Waals surface area contributed by atoms with Crippen LogP contribution < -0.4 is 9.47 Å². The fraction of sp³-hybridized carbons (Fsp3) is 0.400. The number of amides is 1. The highest BCUT2D eigenvalue weighted by molar-refractivity contribution is 7.99. The molecule has 0 spiro atoms. The van der Waals surface area contributed by atoms with Gasteiger partial charge in [0.25, 0.3) is 0 Å². The lowest BCUT2D eigenvalue weighted by Gasteiger charge is -2.24. The second kappa shape index (κ2) is 6.91. The quantitative estimate of drug-likeness (QED) is 0.827. The van der Waals surface area contributed by atoms with Crippen LogP contribution in [0.25, 0.3) is 0 Å². The number of aromatic nitrogens is 3. The molecule has 1 atom stereocenters. The van der Waals surface area contributed by atoms with Gasteiger partial charge in [0.2, 0.25) is 5.91 Å². The average molecular weight is 334 g/mol. The number of hydrogen-bond acceptors (Lipinski definition) is 6. The lowest BCUT2D eigenvalue weighted by atomic mass is 10.2. The Hall–Kier alpha value is -2.22. The molecule has 0 radical (unpaired) electrons. The summed E-state index contributed by atoms with van der Waals surface area (Å²) in [5.41, 5.74) is 1.03. The third-order valence-electron chi connectivity index (χ3n) is 3.67. The molecule has 1 fully saturated rings. The minimum Gasteiger partial charge on any atom is -0.493 e. The third kappa shape index (κ3) is 3.26. The minimum absolute atomic E-state index is 0.0224. The number of carbonyl (C=O) groups is 1. The van der Waals surface area contributed by atoms with E-state index in [1.165, 1.54) is 11.0 Å². The van der Waals surface area contributed by atoms with Crippen molar-refractivity contribution >= 4 is 17.7 Å². The summed E-state index contributed by atoms with van der Waals surface area (Å²) in [5.74, 6) is 2.28. The lowest BCUT2D eigenvalue weighted by molar-refractivity contribution is -0.132. The molecule has 2 heterocycles. The molecule has 1 aromatic heterocycles. The van der Waals surface area contributed by atoms with E-state index in [0.717, 1.165) is 17.9 Å². The number of methoxy groups -OCH3 is 2. The van der Waals surface area contributed by atoms with Gasteiger partial charge in [0.15, 0.2) is 11.5 Å². The number of benzene rings is 1. The molecule has 1 unspecified atom stereocenters. The molecule has 1 aliphatic heterocycles. The first-order valence-corrected chi connectivity index (χ1v) is 8.23. The topological polar surface area (TPSA) is 69.5 Å². The van der Waals surface area contributed by atoms with E-state index in [4.69, 9.17) is 9.47 Å². The highest BCUT2D eigenvalue weighted by Crippen LogP contribution is 2.41. The molecule has 0 saturated carbocycles. The van der Waals surface area contributed by atoms with Crippen molar-refractivity contribution in [1.82, 2.24) is 19.7 Å². The molecule has 1 amide bonds. The zero-order valence-electron chi connectivity index (χ0n) is 13.0. The first-order valence-electron chi connectivity index (χ1n) is 7.18. The van der Waals surface area contributed by atoms with Crippen LogP contribution in [0.15, 0.2) is 30.9 Å². The summed E-state index contributed by atoms with van der Waals surface area (Å²) in [6.45, 7) is 0.918. The third-order valence-corrected chi connectivity index (χ3v) is 4.93. The molecule has 3 rings (SSSR count). The van der Waals surface area contributed by atoms with E-state index >= 15 is 0 Å². The Kier molecular flexibility index (Phi) is 4.71. The SMILES string of the molecule is COc1ccc(C2SCCN2C(=O)Cn2cncn2)cc1OC. The van der Waals surface area contributed by atoms with Crippen LogP contribution in [0.3, 0.4) is 0 Å². The summed E-state index contributed by atoms with van der Waals surface area (Å²) < 4.78 is 12.2. The van der Waals surface area contributed by atoms with E-state index in [2.05, 4.69) is 10.1 Å². The first-order chi connectivity index (χ1) is 11.2. The van der Waals surface area contributed by atoms with Crippen molar-refractivity contribution in [2.75, 3.05) is 26.5 Å². The van der Waals surface area contributed by atoms with E-state index < -0.39 is 0 Å². The number of hydrogen-bond donors (Lipinski definition) is 0. The monoisotopic (exact) mass is 334 g/mol. The molecule has 2 aromatic rings. The normalized spacial score (nSPS) is 17.3. The van der Waals surface area contributed by atoms with Crippen molar-refractivity contribution in [3.05, 3.63) is 36.4 Å². The molecule has 0 aliphatic carbocycles. The number of thioether (sulfide) groups is 1. The highest BCUT2D eigenvalue weighted by atomic mass is 32.2. The molecule has 1 aliphatic rings. The Morgan fingerprint density at radius 1 is 1.35 bits per heavy atom.